The smallest absolute Gasteiger partial charge is 0.285 e. The highest BCUT2D eigenvalue weighted by molar-refractivity contribution is 8.26. The van der Waals surface area contributed by atoms with Gasteiger partial charge in [0.05, 0.1) is 10.6 Å². The summed E-state index contributed by atoms with van der Waals surface area (Å²) in [7, 11) is 0. The molecule has 1 saturated heterocycles. The summed E-state index contributed by atoms with van der Waals surface area (Å²) in [5.41, 5.74) is 6.05. The molecule has 2 aromatic carbocycles. The van der Waals surface area contributed by atoms with E-state index in [1.54, 1.807) is 0 Å². The van der Waals surface area contributed by atoms with Crippen LogP contribution in [-0.2, 0) is 4.79 Å². The van der Waals surface area contributed by atoms with Crippen LogP contribution in [-0.4, -0.2) is 15.2 Å². The number of hydrazine groups is 1. The Balaban J connectivity index is 1.80. The number of rotatable bonds is 3. The highest BCUT2D eigenvalue weighted by Gasteiger charge is 2.32. The molecular weight excluding hydrogens is 312 g/mol. The third-order valence-electron chi connectivity index (χ3n) is 3.18. The van der Waals surface area contributed by atoms with Gasteiger partial charge in [-0.3, -0.25) is 10.2 Å². The fraction of sp³-hybridized carbons (Fsp3) is 0.0588. The molecule has 110 valence electrons. The van der Waals surface area contributed by atoms with Gasteiger partial charge in [0.25, 0.3) is 5.91 Å². The van der Waals surface area contributed by atoms with Crippen molar-refractivity contribution in [2.75, 3.05) is 5.43 Å². The summed E-state index contributed by atoms with van der Waals surface area (Å²) in [6, 6.07) is 17.6. The molecule has 1 aliphatic heterocycles. The maximum absolute atomic E-state index is 12.5. The monoisotopic (exact) mass is 326 g/mol. The zero-order valence-electron chi connectivity index (χ0n) is 11.9. The minimum absolute atomic E-state index is 0.126. The van der Waals surface area contributed by atoms with Crippen LogP contribution in [0.1, 0.15) is 11.1 Å². The van der Waals surface area contributed by atoms with Gasteiger partial charge < -0.3 is 0 Å². The van der Waals surface area contributed by atoms with E-state index in [0.717, 1.165) is 11.3 Å². The van der Waals surface area contributed by atoms with Gasteiger partial charge in [-0.25, -0.2) is 5.01 Å². The highest BCUT2D eigenvalue weighted by atomic mass is 32.2. The molecule has 2 aromatic rings. The van der Waals surface area contributed by atoms with Crippen molar-refractivity contribution in [2.24, 2.45) is 0 Å². The lowest BCUT2D eigenvalue weighted by atomic mass is 10.2. The van der Waals surface area contributed by atoms with Crippen LogP contribution in [0.25, 0.3) is 6.08 Å². The number of hydrogen-bond acceptors (Lipinski definition) is 4. The number of carbonyl (C=O) groups is 1. The summed E-state index contributed by atoms with van der Waals surface area (Å²) in [4.78, 5) is 13.1. The molecule has 0 aromatic heterocycles. The molecule has 1 N–H and O–H groups in total. The third kappa shape index (κ3) is 3.21. The predicted molar refractivity (Wildman–Crippen MR) is 96.3 cm³/mol. The summed E-state index contributed by atoms with van der Waals surface area (Å²) >= 11 is 6.61. The van der Waals surface area contributed by atoms with Crippen molar-refractivity contribution < 1.29 is 4.79 Å². The molecule has 1 heterocycles. The summed E-state index contributed by atoms with van der Waals surface area (Å²) in [5.74, 6) is -0.126. The van der Waals surface area contributed by atoms with Crippen molar-refractivity contribution in [3.8, 4) is 0 Å². The maximum atomic E-state index is 12.5. The SMILES string of the molecule is Cc1ccc(NN2C(=O)/C(=C\c3ccccc3)SC2=S)cc1. The lowest BCUT2D eigenvalue weighted by Crippen LogP contribution is -2.33. The van der Waals surface area contributed by atoms with Crippen LogP contribution in [0.15, 0.2) is 59.5 Å². The van der Waals surface area contributed by atoms with E-state index in [9.17, 15) is 4.79 Å². The summed E-state index contributed by atoms with van der Waals surface area (Å²) in [5, 5.41) is 1.42. The number of aryl methyl sites for hydroxylation is 1. The van der Waals surface area contributed by atoms with E-state index in [2.05, 4.69) is 5.43 Å². The van der Waals surface area contributed by atoms with Crippen molar-refractivity contribution in [3.63, 3.8) is 0 Å². The molecule has 0 atom stereocenters. The lowest BCUT2D eigenvalue weighted by Gasteiger charge is -2.17. The van der Waals surface area contributed by atoms with Crippen LogP contribution < -0.4 is 5.43 Å². The Kier molecular flexibility index (Phi) is 4.27. The number of thioether (sulfide) groups is 1. The number of thiocarbonyl (C=S) groups is 1. The van der Waals surface area contributed by atoms with Gasteiger partial charge in [-0.2, -0.15) is 0 Å². The quantitative estimate of drug-likeness (QED) is 0.676. The van der Waals surface area contributed by atoms with Crippen molar-refractivity contribution >= 4 is 46.0 Å². The molecule has 0 radical (unpaired) electrons. The van der Waals surface area contributed by atoms with E-state index in [0.29, 0.717) is 9.23 Å². The number of carbonyl (C=O) groups excluding carboxylic acids is 1. The Bertz CT molecular complexity index is 739. The van der Waals surface area contributed by atoms with Gasteiger partial charge in [-0.15, -0.1) is 0 Å². The molecule has 5 heteroatoms. The van der Waals surface area contributed by atoms with Crippen LogP contribution >= 0.6 is 24.0 Å². The van der Waals surface area contributed by atoms with Crippen molar-refractivity contribution in [1.29, 1.82) is 0 Å². The molecule has 0 aliphatic carbocycles. The zero-order chi connectivity index (χ0) is 15.5. The molecule has 1 fully saturated rings. The summed E-state index contributed by atoms with van der Waals surface area (Å²) in [6.45, 7) is 2.02. The number of nitrogens with zero attached hydrogens (tertiary/aromatic N) is 1. The largest absolute Gasteiger partial charge is 0.290 e. The second-order valence-corrected chi connectivity index (χ2v) is 6.58. The molecule has 0 spiro atoms. The van der Waals surface area contributed by atoms with Gasteiger partial charge >= 0.3 is 0 Å². The molecular formula is C17H14N2OS2. The Hall–Kier alpha value is -2.11. The van der Waals surface area contributed by atoms with Gasteiger partial charge in [0.2, 0.25) is 0 Å². The molecule has 1 aliphatic rings. The number of benzene rings is 2. The first kappa shape index (κ1) is 14.8. The van der Waals surface area contributed by atoms with Crippen molar-refractivity contribution in [1.82, 2.24) is 5.01 Å². The fourth-order valence-corrected chi connectivity index (χ4v) is 3.20. The topological polar surface area (TPSA) is 32.3 Å². The van der Waals surface area contributed by atoms with E-state index in [-0.39, 0.29) is 5.91 Å². The molecule has 1 amide bonds. The standard InChI is InChI=1S/C17H14N2OS2/c1-12-7-9-14(10-8-12)18-19-16(20)15(22-17(19)21)11-13-5-3-2-4-6-13/h2-11,18H,1H3/b15-11+. The van der Waals surface area contributed by atoms with Gasteiger partial charge in [0, 0.05) is 0 Å². The zero-order valence-corrected chi connectivity index (χ0v) is 13.6. The fourth-order valence-electron chi connectivity index (χ4n) is 2.02. The first-order valence-electron chi connectivity index (χ1n) is 6.80. The minimum atomic E-state index is -0.126. The van der Waals surface area contributed by atoms with E-state index in [1.807, 2.05) is 67.6 Å². The second kappa shape index (κ2) is 6.34. The second-order valence-electron chi connectivity index (χ2n) is 4.91. The van der Waals surface area contributed by atoms with E-state index < -0.39 is 0 Å². The average molecular weight is 326 g/mol. The van der Waals surface area contributed by atoms with Gasteiger partial charge in [0.15, 0.2) is 4.32 Å². The van der Waals surface area contributed by atoms with E-state index in [4.69, 9.17) is 12.2 Å². The van der Waals surface area contributed by atoms with Crippen LogP contribution in [0.2, 0.25) is 0 Å². The first-order chi connectivity index (χ1) is 10.6. The van der Waals surface area contributed by atoms with Crippen LogP contribution in [0.3, 0.4) is 0 Å². The molecule has 0 bridgehead atoms. The summed E-state index contributed by atoms with van der Waals surface area (Å²) < 4.78 is 0.507. The van der Waals surface area contributed by atoms with Crippen LogP contribution in [0.4, 0.5) is 5.69 Å². The Morgan fingerprint density at radius 2 is 1.77 bits per heavy atom. The number of nitrogens with one attached hydrogen (secondary N) is 1. The van der Waals surface area contributed by atoms with Crippen LogP contribution in [0.5, 0.6) is 0 Å². The molecule has 3 rings (SSSR count). The number of hydrogen-bond donors (Lipinski definition) is 1. The van der Waals surface area contributed by atoms with Crippen LogP contribution in [0, 0.1) is 6.92 Å². The molecule has 0 saturated carbocycles. The summed E-state index contributed by atoms with van der Waals surface area (Å²) in [6.07, 6.45) is 1.86. The molecule has 22 heavy (non-hydrogen) atoms. The van der Waals surface area contributed by atoms with Gasteiger partial charge in [-0.05, 0) is 42.9 Å². The third-order valence-corrected chi connectivity index (χ3v) is 4.49. The van der Waals surface area contributed by atoms with E-state index >= 15 is 0 Å². The highest BCUT2D eigenvalue weighted by Crippen LogP contribution is 2.32. The first-order valence-corrected chi connectivity index (χ1v) is 8.02. The average Bonchev–Trinajstić information content (AvgIpc) is 2.78. The molecule has 0 unspecified atom stereocenters. The normalized spacial score (nSPS) is 16.4. The Labute approximate surface area is 139 Å². The van der Waals surface area contributed by atoms with Gasteiger partial charge in [0.1, 0.15) is 0 Å². The maximum Gasteiger partial charge on any atom is 0.285 e. The van der Waals surface area contributed by atoms with Crippen molar-refractivity contribution in [3.05, 3.63) is 70.6 Å². The minimum Gasteiger partial charge on any atom is -0.290 e. The Morgan fingerprint density at radius 1 is 1.09 bits per heavy atom. The van der Waals surface area contributed by atoms with Gasteiger partial charge in [-0.1, -0.05) is 59.8 Å². The lowest BCUT2D eigenvalue weighted by molar-refractivity contribution is -0.121. The number of amides is 1. The number of anilines is 1. The Morgan fingerprint density at radius 3 is 2.45 bits per heavy atom. The van der Waals surface area contributed by atoms with Crippen molar-refractivity contribution in [2.45, 2.75) is 6.92 Å². The predicted octanol–water partition coefficient (Wildman–Crippen LogP) is 4.22. The van der Waals surface area contributed by atoms with E-state index in [1.165, 1.54) is 22.3 Å². The molecule has 3 nitrogen and oxygen atoms in total.